The summed E-state index contributed by atoms with van der Waals surface area (Å²) in [4.78, 5) is 73.1. The van der Waals surface area contributed by atoms with E-state index < -0.39 is 97.5 Å². The molecule has 3 N–H and O–H groups in total. The molecule has 0 bridgehead atoms. The van der Waals surface area contributed by atoms with Crippen molar-refractivity contribution in [1.29, 1.82) is 0 Å². The molecular weight excluding hydrogens is 1380 g/mol. The number of allylic oxidation sites excluding steroid dienone is 22. The molecule has 0 aromatic rings. The van der Waals surface area contributed by atoms with Gasteiger partial charge in [0.05, 0.1) is 26.4 Å². The average molecular weight is 1530 g/mol. The molecule has 106 heavy (non-hydrogen) atoms. The zero-order chi connectivity index (χ0) is 77.4. The van der Waals surface area contributed by atoms with Crippen molar-refractivity contribution in [3.63, 3.8) is 0 Å². The van der Waals surface area contributed by atoms with Crippen LogP contribution >= 0.6 is 15.6 Å². The second-order valence-electron chi connectivity index (χ2n) is 27.3. The maximum absolute atomic E-state index is 13.1. The molecule has 0 saturated heterocycles. The highest BCUT2D eigenvalue weighted by atomic mass is 31.2. The van der Waals surface area contributed by atoms with Crippen LogP contribution in [-0.4, -0.2) is 96.7 Å². The van der Waals surface area contributed by atoms with E-state index in [1.165, 1.54) is 70.6 Å². The van der Waals surface area contributed by atoms with Gasteiger partial charge in [-0.3, -0.25) is 37.3 Å². The number of carbonyl (C=O) groups is 4. The van der Waals surface area contributed by atoms with Gasteiger partial charge in [0.1, 0.15) is 19.3 Å². The standard InChI is InChI=1S/C87H148O17P2/c1-5-9-13-17-21-25-29-33-36-39-40-43-45-49-52-56-60-64-68-72-85(90)97-77-82(103-86(91)73-69-65-61-57-53-47-32-28-24-20-16-12-8-4)79-101-105(93,94)99-75-81(88)76-100-106(95,96)102-80-83(104-87(92)74-70-66-62-58-54-50-46-42-38-35-31-27-23-19-15-11-7-3)78-98-84(89)71-67-63-59-55-51-48-44-41-37-34-30-26-22-18-14-10-6-2/h10-11,14-15,21-23,25-27,33-38,40,43-44,48,55,59,81-83,88H,5-9,12-13,16-20,24,28-32,39,41-42,45-47,49-54,56-58,60-80H2,1-4H3,(H,93,94)(H,95,96)/b14-10-,15-11-,25-21-,26-22-,27-23-,36-33-,37-34-,38-35-,43-40-,48-44-,59-55-. The van der Waals surface area contributed by atoms with Crippen molar-refractivity contribution in [3.8, 4) is 0 Å². The number of unbranched alkanes of at least 4 members (excludes halogenated alkanes) is 29. The topological polar surface area (TPSA) is 237 Å². The van der Waals surface area contributed by atoms with Crippen LogP contribution in [-0.2, 0) is 65.4 Å². The second-order valence-corrected chi connectivity index (χ2v) is 30.2. The Hall–Kier alpha value is -4.80. The number of aliphatic hydroxyl groups excluding tert-OH is 1. The van der Waals surface area contributed by atoms with Gasteiger partial charge in [-0.25, -0.2) is 9.13 Å². The molecule has 0 fully saturated rings. The number of ether oxygens (including phenoxy) is 4. The smallest absolute Gasteiger partial charge is 0.462 e. The van der Waals surface area contributed by atoms with Crippen molar-refractivity contribution in [2.45, 2.75) is 354 Å². The molecule has 0 aliphatic heterocycles. The molecule has 0 rings (SSSR count). The lowest BCUT2D eigenvalue weighted by Crippen LogP contribution is -2.30. The lowest BCUT2D eigenvalue weighted by molar-refractivity contribution is -0.161. The van der Waals surface area contributed by atoms with Crippen molar-refractivity contribution in [2.24, 2.45) is 0 Å². The van der Waals surface area contributed by atoms with Gasteiger partial charge in [0.15, 0.2) is 12.2 Å². The highest BCUT2D eigenvalue weighted by molar-refractivity contribution is 7.47. The summed E-state index contributed by atoms with van der Waals surface area (Å²) in [5.41, 5.74) is 0. The van der Waals surface area contributed by atoms with E-state index in [2.05, 4.69) is 149 Å². The molecule has 0 aliphatic rings. The van der Waals surface area contributed by atoms with Crippen LogP contribution in [0, 0.1) is 0 Å². The van der Waals surface area contributed by atoms with Crippen LogP contribution in [0.1, 0.15) is 336 Å². The van der Waals surface area contributed by atoms with Gasteiger partial charge in [0, 0.05) is 25.7 Å². The van der Waals surface area contributed by atoms with E-state index in [-0.39, 0.29) is 25.7 Å². The Morgan fingerprint density at radius 1 is 0.274 bits per heavy atom. The van der Waals surface area contributed by atoms with Gasteiger partial charge in [0.2, 0.25) is 0 Å². The molecule has 5 atom stereocenters. The maximum Gasteiger partial charge on any atom is 0.472 e. The normalized spacial score (nSPS) is 14.5. The number of rotatable bonds is 77. The lowest BCUT2D eigenvalue weighted by atomic mass is 10.0. The van der Waals surface area contributed by atoms with Gasteiger partial charge in [-0.1, -0.05) is 309 Å². The summed E-state index contributed by atoms with van der Waals surface area (Å²) in [6.07, 6.45) is 88.5. The quantitative estimate of drug-likeness (QED) is 0.0169. The molecule has 608 valence electrons. The van der Waals surface area contributed by atoms with Crippen LogP contribution in [0.5, 0.6) is 0 Å². The Balaban J connectivity index is 5.41. The summed E-state index contributed by atoms with van der Waals surface area (Å²) in [6.45, 7) is 4.57. The summed E-state index contributed by atoms with van der Waals surface area (Å²) in [7, 11) is -9.98. The number of esters is 4. The molecule has 0 spiro atoms. The van der Waals surface area contributed by atoms with Crippen molar-refractivity contribution in [3.05, 3.63) is 134 Å². The van der Waals surface area contributed by atoms with Crippen LogP contribution < -0.4 is 0 Å². The summed E-state index contributed by atoms with van der Waals surface area (Å²) in [5, 5.41) is 10.7. The van der Waals surface area contributed by atoms with Gasteiger partial charge < -0.3 is 33.8 Å². The Morgan fingerprint density at radius 2 is 0.500 bits per heavy atom. The first-order valence-corrected chi connectivity index (χ1v) is 44.4. The third kappa shape index (κ3) is 77.4. The summed E-state index contributed by atoms with van der Waals surface area (Å²) in [6, 6.07) is 0. The van der Waals surface area contributed by atoms with Crippen LogP contribution in [0.25, 0.3) is 0 Å². The average Bonchev–Trinajstić information content (AvgIpc) is 0.902. The fourth-order valence-corrected chi connectivity index (χ4v) is 12.4. The van der Waals surface area contributed by atoms with Crippen molar-refractivity contribution < 1.29 is 80.2 Å². The summed E-state index contributed by atoms with van der Waals surface area (Å²) in [5.74, 6) is -2.26. The van der Waals surface area contributed by atoms with Gasteiger partial charge in [-0.2, -0.15) is 0 Å². The first-order valence-electron chi connectivity index (χ1n) is 41.4. The molecule has 5 unspecified atom stereocenters. The number of phosphoric acid groups is 2. The molecular formula is C87H148O17P2. The van der Waals surface area contributed by atoms with Crippen LogP contribution in [0.3, 0.4) is 0 Å². The zero-order valence-corrected chi connectivity index (χ0v) is 68.4. The Bertz CT molecular complexity index is 2530. The molecule has 0 radical (unpaired) electrons. The lowest BCUT2D eigenvalue weighted by Gasteiger charge is -2.21. The molecule has 0 aliphatic carbocycles. The maximum atomic E-state index is 13.1. The van der Waals surface area contributed by atoms with Crippen LogP contribution in [0.15, 0.2) is 134 Å². The van der Waals surface area contributed by atoms with Crippen molar-refractivity contribution in [1.82, 2.24) is 0 Å². The largest absolute Gasteiger partial charge is 0.472 e. The minimum Gasteiger partial charge on any atom is -0.462 e. The Labute approximate surface area is 644 Å². The van der Waals surface area contributed by atoms with E-state index in [9.17, 15) is 43.2 Å². The molecule has 0 heterocycles. The number of aliphatic hydroxyl groups is 1. The number of phosphoric ester groups is 2. The first-order chi connectivity index (χ1) is 51.7. The van der Waals surface area contributed by atoms with Gasteiger partial charge in [-0.05, 0) is 135 Å². The van der Waals surface area contributed by atoms with Crippen molar-refractivity contribution in [2.75, 3.05) is 39.6 Å². The molecule has 0 amide bonds. The van der Waals surface area contributed by atoms with E-state index in [1.54, 1.807) is 0 Å². The molecule has 19 heteroatoms. The van der Waals surface area contributed by atoms with Gasteiger partial charge in [-0.15, -0.1) is 0 Å². The molecule has 0 saturated carbocycles. The van der Waals surface area contributed by atoms with E-state index in [4.69, 9.17) is 37.0 Å². The second kappa shape index (κ2) is 78.3. The first kappa shape index (κ1) is 101. The fraction of sp³-hybridized carbons (Fsp3) is 0.701. The zero-order valence-electron chi connectivity index (χ0n) is 66.6. The number of carbonyl (C=O) groups excluding carboxylic acids is 4. The SMILES string of the molecule is CC/C=C\C/C=C\C/C=C\C/C=C\C/C=C\CCCC(=O)OCC(COP(=O)(O)OCC(O)COP(=O)(O)OCC(COC(=O)CCCCCCCC/C=C\C/C=C\C/C=C\CCCCC)OC(=O)CCCCCCCCCCCCCCC)OC(=O)CCCCCCCCC/C=C\C/C=C\C/C=C\CC. The minimum atomic E-state index is -5.00. The predicted molar refractivity (Wildman–Crippen MR) is 436 cm³/mol. The third-order valence-corrected chi connectivity index (χ3v) is 19.0. The van der Waals surface area contributed by atoms with Crippen LogP contribution in [0.2, 0.25) is 0 Å². The van der Waals surface area contributed by atoms with E-state index >= 15 is 0 Å². The minimum absolute atomic E-state index is 0.0686. The Kier molecular flexibility index (Phi) is 74.8. The summed E-state index contributed by atoms with van der Waals surface area (Å²) >= 11 is 0. The molecule has 0 aromatic heterocycles. The number of hydrogen-bond acceptors (Lipinski definition) is 15. The van der Waals surface area contributed by atoms with E-state index in [1.807, 2.05) is 12.2 Å². The van der Waals surface area contributed by atoms with Crippen molar-refractivity contribution >= 4 is 39.5 Å². The van der Waals surface area contributed by atoms with E-state index in [0.29, 0.717) is 32.1 Å². The summed E-state index contributed by atoms with van der Waals surface area (Å²) < 4.78 is 68.7. The van der Waals surface area contributed by atoms with Gasteiger partial charge in [0.25, 0.3) is 0 Å². The molecule has 0 aromatic carbocycles. The highest BCUT2D eigenvalue weighted by Gasteiger charge is 2.30. The van der Waals surface area contributed by atoms with E-state index in [0.717, 1.165) is 180 Å². The monoisotopic (exact) mass is 1530 g/mol. The van der Waals surface area contributed by atoms with Gasteiger partial charge >= 0.3 is 39.5 Å². The highest BCUT2D eigenvalue weighted by Crippen LogP contribution is 2.45. The van der Waals surface area contributed by atoms with Crippen LogP contribution in [0.4, 0.5) is 0 Å². The fourth-order valence-electron chi connectivity index (χ4n) is 10.9. The predicted octanol–water partition coefficient (Wildman–Crippen LogP) is 24.4. The Morgan fingerprint density at radius 3 is 0.811 bits per heavy atom. The number of hydrogen-bond donors (Lipinski definition) is 3. The third-order valence-electron chi connectivity index (χ3n) is 17.1. The molecule has 17 nitrogen and oxygen atoms in total.